The van der Waals surface area contributed by atoms with Gasteiger partial charge in [-0.05, 0) is 71.3 Å². The van der Waals surface area contributed by atoms with E-state index in [1.807, 2.05) is 6.07 Å². The summed E-state index contributed by atoms with van der Waals surface area (Å²) < 4.78 is 5.94. The number of hydrogen-bond donors (Lipinski definition) is 1. The monoisotopic (exact) mass is 401 g/mol. The number of phenols is 1. The zero-order valence-corrected chi connectivity index (χ0v) is 17.8. The molecule has 0 saturated carbocycles. The molecule has 0 bridgehead atoms. The summed E-state index contributed by atoms with van der Waals surface area (Å²) >= 11 is 0. The summed E-state index contributed by atoms with van der Waals surface area (Å²) in [6.07, 6.45) is 4.35. The molecule has 0 fully saturated rings. The third-order valence-electron chi connectivity index (χ3n) is 5.89. The number of aryl methyl sites for hydroxylation is 1. The lowest BCUT2D eigenvalue weighted by Gasteiger charge is -2.28. The lowest BCUT2D eigenvalue weighted by atomic mass is 9.99. The van der Waals surface area contributed by atoms with Crippen molar-refractivity contribution in [1.29, 1.82) is 0 Å². The average molecular weight is 402 g/mol. The Morgan fingerprint density at radius 1 is 0.833 bits per heavy atom. The van der Waals surface area contributed by atoms with Gasteiger partial charge in [0.05, 0.1) is 0 Å². The molecular formula is C27H31NO2. The maximum Gasteiger partial charge on any atom is 0.119 e. The van der Waals surface area contributed by atoms with E-state index in [4.69, 9.17) is 4.74 Å². The van der Waals surface area contributed by atoms with E-state index in [2.05, 4.69) is 66.4 Å². The van der Waals surface area contributed by atoms with Gasteiger partial charge in [0.1, 0.15) is 18.1 Å². The van der Waals surface area contributed by atoms with Crippen LogP contribution in [0, 0.1) is 0 Å². The predicted molar refractivity (Wildman–Crippen MR) is 122 cm³/mol. The number of fused-ring (bicyclic) bond motifs is 1. The molecule has 3 heteroatoms. The minimum atomic E-state index is 0.375. The lowest BCUT2D eigenvalue weighted by Crippen LogP contribution is -2.32. The second-order valence-electron chi connectivity index (χ2n) is 8.23. The van der Waals surface area contributed by atoms with Gasteiger partial charge in [-0.3, -0.25) is 4.90 Å². The highest BCUT2D eigenvalue weighted by Crippen LogP contribution is 2.23. The largest absolute Gasteiger partial charge is 0.508 e. The molecular weight excluding hydrogens is 370 g/mol. The van der Waals surface area contributed by atoms with Crippen LogP contribution in [0.4, 0.5) is 0 Å². The fourth-order valence-electron chi connectivity index (χ4n) is 4.09. The van der Waals surface area contributed by atoms with Gasteiger partial charge in [-0.1, -0.05) is 55.8 Å². The van der Waals surface area contributed by atoms with Gasteiger partial charge in [0.2, 0.25) is 0 Å². The van der Waals surface area contributed by atoms with Gasteiger partial charge in [-0.25, -0.2) is 0 Å². The fourth-order valence-corrected chi connectivity index (χ4v) is 4.09. The summed E-state index contributed by atoms with van der Waals surface area (Å²) in [6.45, 7) is 5.88. The number of ether oxygens (including phenoxy) is 1. The summed E-state index contributed by atoms with van der Waals surface area (Å²) in [6, 6.07) is 23.0. The van der Waals surface area contributed by atoms with Crippen molar-refractivity contribution in [3.05, 3.63) is 94.5 Å². The molecule has 156 valence electrons. The van der Waals surface area contributed by atoms with Crippen LogP contribution >= 0.6 is 0 Å². The first kappa shape index (κ1) is 20.5. The maximum atomic E-state index is 9.64. The number of phenolic OH excluding ortho intramolecular Hbond substituents is 1. The Hall–Kier alpha value is -2.78. The van der Waals surface area contributed by atoms with E-state index < -0.39 is 0 Å². The van der Waals surface area contributed by atoms with E-state index in [9.17, 15) is 5.11 Å². The van der Waals surface area contributed by atoms with Crippen LogP contribution in [0.1, 0.15) is 41.2 Å². The third kappa shape index (κ3) is 5.43. The van der Waals surface area contributed by atoms with Crippen molar-refractivity contribution in [3.63, 3.8) is 0 Å². The molecule has 0 aromatic heterocycles. The number of benzene rings is 3. The third-order valence-corrected chi connectivity index (χ3v) is 5.89. The van der Waals surface area contributed by atoms with Gasteiger partial charge >= 0.3 is 0 Å². The van der Waals surface area contributed by atoms with Gasteiger partial charge < -0.3 is 9.84 Å². The molecule has 0 aliphatic carbocycles. The molecule has 0 radical (unpaired) electrons. The summed E-state index contributed by atoms with van der Waals surface area (Å²) in [5.74, 6) is 1.30. The van der Waals surface area contributed by atoms with E-state index >= 15 is 0 Å². The van der Waals surface area contributed by atoms with Crippen molar-refractivity contribution in [1.82, 2.24) is 4.90 Å². The second-order valence-corrected chi connectivity index (χ2v) is 8.23. The molecule has 1 aliphatic rings. The summed E-state index contributed by atoms with van der Waals surface area (Å²) in [5.41, 5.74) is 6.55. The Balaban J connectivity index is 1.24. The normalized spacial score (nSPS) is 13.8. The minimum Gasteiger partial charge on any atom is -0.508 e. The quantitative estimate of drug-likeness (QED) is 0.539. The summed E-state index contributed by atoms with van der Waals surface area (Å²) in [7, 11) is 0. The fraction of sp³-hybridized carbons (Fsp3) is 0.333. The van der Waals surface area contributed by atoms with Gasteiger partial charge in [-0.2, -0.15) is 0 Å². The molecule has 30 heavy (non-hydrogen) atoms. The molecule has 3 aromatic carbocycles. The minimum absolute atomic E-state index is 0.375. The predicted octanol–water partition coefficient (Wildman–Crippen LogP) is 5.52. The summed E-state index contributed by atoms with van der Waals surface area (Å²) in [5, 5.41) is 9.64. The molecule has 0 amide bonds. The van der Waals surface area contributed by atoms with Gasteiger partial charge in [0.25, 0.3) is 0 Å². The van der Waals surface area contributed by atoms with Crippen LogP contribution in [-0.2, 0) is 32.4 Å². The zero-order chi connectivity index (χ0) is 20.8. The van der Waals surface area contributed by atoms with E-state index in [1.54, 1.807) is 6.07 Å². The molecule has 1 heterocycles. The standard InChI is InChI=1S/C27H31NO2/c1-2-3-21-8-12-27(13-9-21)30-20-23-6-4-22(5-7-23)14-16-28-17-15-24-18-26(29)11-10-25(24)19-28/h4-13,18,29H,2-3,14-17,19-20H2,1H3. The molecule has 0 atom stereocenters. The van der Waals surface area contributed by atoms with Crippen LogP contribution < -0.4 is 4.74 Å². The molecule has 0 unspecified atom stereocenters. The highest BCUT2D eigenvalue weighted by Gasteiger charge is 2.16. The van der Waals surface area contributed by atoms with Crippen LogP contribution in [0.3, 0.4) is 0 Å². The highest BCUT2D eigenvalue weighted by molar-refractivity contribution is 5.36. The van der Waals surface area contributed by atoms with E-state index in [0.29, 0.717) is 12.4 Å². The van der Waals surface area contributed by atoms with Crippen molar-refractivity contribution in [2.75, 3.05) is 13.1 Å². The highest BCUT2D eigenvalue weighted by atomic mass is 16.5. The van der Waals surface area contributed by atoms with Gasteiger partial charge in [-0.15, -0.1) is 0 Å². The SMILES string of the molecule is CCCc1ccc(OCc2ccc(CCN3CCc4cc(O)ccc4C3)cc2)cc1. The van der Waals surface area contributed by atoms with Crippen LogP contribution in [0.25, 0.3) is 0 Å². The Morgan fingerprint density at radius 3 is 2.30 bits per heavy atom. The van der Waals surface area contributed by atoms with Gasteiger partial charge in [0.15, 0.2) is 0 Å². The van der Waals surface area contributed by atoms with E-state index in [1.165, 1.54) is 34.2 Å². The van der Waals surface area contributed by atoms with Crippen LogP contribution in [-0.4, -0.2) is 23.1 Å². The lowest BCUT2D eigenvalue weighted by molar-refractivity contribution is 0.257. The molecule has 3 aromatic rings. The summed E-state index contributed by atoms with van der Waals surface area (Å²) in [4.78, 5) is 2.50. The van der Waals surface area contributed by atoms with E-state index in [-0.39, 0.29) is 0 Å². The first-order chi connectivity index (χ1) is 14.7. The number of nitrogens with zero attached hydrogens (tertiary/aromatic N) is 1. The van der Waals surface area contributed by atoms with Crippen molar-refractivity contribution in [2.24, 2.45) is 0 Å². The Kier molecular flexibility index (Phi) is 6.70. The number of hydrogen-bond acceptors (Lipinski definition) is 3. The topological polar surface area (TPSA) is 32.7 Å². The van der Waals surface area contributed by atoms with E-state index in [0.717, 1.165) is 44.6 Å². The second kappa shape index (κ2) is 9.82. The van der Waals surface area contributed by atoms with Crippen LogP contribution in [0.2, 0.25) is 0 Å². The van der Waals surface area contributed by atoms with Crippen molar-refractivity contribution in [2.45, 2.75) is 45.8 Å². The zero-order valence-electron chi connectivity index (χ0n) is 17.8. The smallest absolute Gasteiger partial charge is 0.119 e. The van der Waals surface area contributed by atoms with Crippen molar-refractivity contribution < 1.29 is 9.84 Å². The molecule has 1 N–H and O–H groups in total. The molecule has 0 spiro atoms. The number of aromatic hydroxyl groups is 1. The Bertz CT molecular complexity index is 948. The average Bonchev–Trinajstić information content (AvgIpc) is 2.78. The van der Waals surface area contributed by atoms with Crippen LogP contribution in [0.5, 0.6) is 11.5 Å². The van der Waals surface area contributed by atoms with Crippen molar-refractivity contribution >= 4 is 0 Å². The Morgan fingerprint density at radius 2 is 1.53 bits per heavy atom. The first-order valence-corrected chi connectivity index (χ1v) is 11.0. The molecule has 0 saturated heterocycles. The first-order valence-electron chi connectivity index (χ1n) is 11.0. The maximum absolute atomic E-state index is 9.64. The van der Waals surface area contributed by atoms with Crippen molar-refractivity contribution in [3.8, 4) is 11.5 Å². The van der Waals surface area contributed by atoms with Crippen LogP contribution in [0.15, 0.2) is 66.7 Å². The Labute approximate surface area is 179 Å². The van der Waals surface area contributed by atoms with Gasteiger partial charge in [0, 0.05) is 19.6 Å². The number of rotatable bonds is 8. The molecule has 3 nitrogen and oxygen atoms in total. The molecule has 1 aliphatic heterocycles. The molecule has 4 rings (SSSR count).